The van der Waals surface area contributed by atoms with Crippen LogP contribution in [-0.4, -0.2) is 25.8 Å². The van der Waals surface area contributed by atoms with Crippen LogP contribution in [0.5, 0.6) is 0 Å². The first-order valence-corrected chi connectivity index (χ1v) is 8.53. The van der Waals surface area contributed by atoms with Crippen molar-refractivity contribution in [3.05, 3.63) is 41.5 Å². The Morgan fingerprint density at radius 3 is 2.48 bits per heavy atom. The van der Waals surface area contributed by atoms with Crippen molar-refractivity contribution in [2.45, 2.75) is 26.9 Å². The van der Waals surface area contributed by atoms with Crippen molar-refractivity contribution < 1.29 is 18.6 Å². The highest BCUT2D eigenvalue weighted by molar-refractivity contribution is 7.46. The van der Waals surface area contributed by atoms with Gasteiger partial charge in [0.15, 0.2) is 8.38 Å². The van der Waals surface area contributed by atoms with Gasteiger partial charge in [0.2, 0.25) is 0 Å². The van der Waals surface area contributed by atoms with Gasteiger partial charge in [-0.1, -0.05) is 24.3 Å². The number of carbonyl (C=O) groups is 1. The van der Waals surface area contributed by atoms with Gasteiger partial charge in [-0.05, 0) is 38.0 Å². The molecule has 0 aliphatic rings. The number of ether oxygens (including phenoxy) is 1. The minimum Gasteiger partial charge on any atom is -0.463 e. The van der Waals surface area contributed by atoms with E-state index in [0.29, 0.717) is 19.8 Å². The summed E-state index contributed by atoms with van der Waals surface area (Å²) < 4.78 is 16.1. The van der Waals surface area contributed by atoms with Crippen LogP contribution in [0.2, 0.25) is 0 Å². The molecule has 0 amide bonds. The SMILES string of the molecule is CCOC(=O)/C=C/c1cccc(CP(OCC)OCC)c1. The van der Waals surface area contributed by atoms with Crippen LogP contribution in [-0.2, 0) is 24.7 Å². The van der Waals surface area contributed by atoms with E-state index in [1.807, 2.05) is 38.1 Å². The minimum atomic E-state index is -0.893. The van der Waals surface area contributed by atoms with Crippen LogP contribution >= 0.6 is 8.38 Å². The average Bonchev–Trinajstić information content (AvgIpc) is 2.46. The highest BCUT2D eigenvalue weighted by Crippen LogP contribution is 2.41. The molecule has 0 saturated heterocycles. The van der Waals surface area contributed by atoms with Gasteiger partial charge in [-0.3, -0.25) is 0 Å². The van der Waals surface area contributed by atoms with Crippen LogP contribution in [0, 0.1) is 0 Å². The van der Waals surface area contributed by atoms with E-state index < -0.39 is 8.38 Å². The zero-order chi connectivity index (χ0) is 15.5. The fourth-order valence-corrected chi connectivity index (χ4v) is 3.04. The van der Waals surface area contributed by atoms with Gasteiger partial charge < -0.3 is 13.8 Å². The summed E-state index contributed by atoms with van der Waals surface area (Å²) in [4.78, 5) is 11.3. The van der Waals surface area contributed by atoms with Gasteiger partial charge in [0.05, 0.1) is 19.8 Å². The highest BCUT2D eigenvalue weighted by atomic mass is 31.2. The molecule has 1 aromatic rings. The number of rotatable bonds is 9. The Kier molecular flexibility index (Phi) is 8.91. The second kappa shape index (κ2) is 10.5. The Balaban J connectivity index is 2.68. The Morgan fingerprint density at radius 2 is 1.86 bits per heavy atom. The standard InChI is InChI=1S/C16H23O4P/c1-4-18-16(17)11-10-14-8-7-9-15(12-14)13-21(19-5-2)20-6-3/h7-12H,4-6,13H2,1-3H3/b11-10+. The molecule has 0 unspecified atom stereocenters. The van der Waals surface area contributed by atoms with Crippen molar-refractivity contribution >= 4 is 20.4 Å². The van der Waals surface area contributed by atoms with Crippen molar-refractivity contribution in [3.8, 4) is 0 Å². The van der Waals surface area contributed by atoms with Crippen LogP contribution in [0.15, 0.2) is 30.3 Å². The molecule has 1 rings (SSSR count). The van der Waals surface area contributed by atoms with Crippen LogP contribution < -0.4 is 0 Å². The van der Waals surface area contributed by atoms with Gasteiger partial charge in [-0.25, -0.2) is 4.79 Å². The van der Waals surface area contributed by atoms with Crippen molar-refractivity contribution in [1.82, 2.24) is 0 Å². The molecule has 0 spiro atoms. The van der Waals surface area contributed by atoms with Crippen molar-refractivity contribution in [3.63, 3.8) is 0 Å². The Morgan fingerprint density at radius 1 is 1.14 bits per heavy atom. The van der Waals surface area contributed by atoms with Crippen LogP contribution in [0.3, 0.4) is 0 Å². The first kappa shape index (κ1) is 17.8. The third kappa shape index (κ3) is 7.37. The maximum atomic E-state index is 11.3. The molecule has 116 valence electrons. The summed E-state index contributed by atoms with van der Waals surface area (Å²) in [6.45, 7) is 7.40. The number of hydrogen-bond acceptors (Lipinski definition) is 4. The van der Waals surface area contributed by atoms with E-state index in [2.05, 4.69) is 0 Å². The molecule has 0 bridgehead atoms. The Bertz CT molecular complexity index is 453. The zero-order valence-electron chi connectivity index (χ0n) is 12.9. The molecular weight excluding hydrogens is 287 g/mol. The lowest BCUT2D eigenvalue weighted by Crippen LogP contribution is -1.98. The number of benzene rings is 1. The predicted molar refractivity (Wildman–Crippen MR) is 86.0 cm³/mol. The lowest BCUT2D eigenvalue weighted by atomic mass is 10.1. The van der Waals surface area contributed by atoms with Gasteiger partial charge >= 0.3 is 5.97 Å². The lowest BCUT2D eigenvalue weighted by molar-refractivity contribution is -0.137. The highest BCUT2D eigenvalue weighted by Gasteiger charge is 2.10. The third-order valence-corrected chi connectivity index (χ3v) is 4.22. The molecule has 4 nitrogen and oxygen atoms in total. The third-order valence-electron chi connectivity index (χ3n) is 2.51. The van der Waals surface area contributed by atoms with Gasteiger partial charge in [-0.2, -0.15) is 0 Å². The summed E-state index contributed by atoms with van der Waals surface area (Å²) in [5.74, 6) is -0.325. The molecule has 5 heteroatoms. The predicted octanol–water partition coefficient (Wildman–Crippen LogP) is 4.15. The maximum Gasteiger partial charge on any atom is 0.330 e. The zero-order valence-corrected chi connectivity index (χ0v) is 13.8. The molecule has 0 aliphatic heterocycles. The molecule has 0 N–H and O–H groups in total. The first-order valence-electron chi connectivity index (χ1n) is 7.16. The number of hydrogen-bond donors (Lipinski definition) is 0. The maximum absolute atomic E-state index is 11.3. The molecule has 0 aromatic heterocycles. The molecule has 0 atom stereocenters. The molecule has 0 heterocycles. The van der Waals surface area contributed by atoms with E-state index in [1.54, 1.807) is 13.0 Å². The molecule has 0 fully saturated rings. The monoisotopic (exact) mass is 310 g/mol. The van der Waals surface area contributed by atoms with Gasteiger partial charge in [-0.15, -0.1) is 0 Å². The van der Waals surface area contributed by atoms with Gasteiger partial charge in [0.25, 0.3) is 0 Å². The average molecular weight is 310 g/mol. The smallest absolute Gasteiger partial charge is 0.330 e. The summed E-state index contributed by atoms with van der Waals surface area (Å²) in [6, 6.07) is 7.98. The molecule has 1 aromatic carbocycles. The summed E-state index contributed by atoms with van der Waals surface area (Å²) >= 11 is 0. The first-order chi connectivity index (χ1) is 10.2. The number of esters is 1. The van der Waals surface area contributed by atoms with Gasteiger partial charge in [0, 0.05) is 12.2 Å². The number of carbonyl (C=O) groups excluding carboxylic acids is 1. The fourth-order valence-electron chi connectivity index (χ4n) is 1.72. The van der Waals surface area contributed by atoms with E-state index >= 15 is 0 Å². The summed E-state index contributed by atoms with van der Waals surface area (Å²) in [5, 5.41) is 0. The van der Waals surface area contributed by atoms with E-state index in [0.717, 1.165) is 17.3 Å². The van der Waals surface area contributed by atoms with Crippen LogP contribution in [0.4, 0.5) is 0 Å². The largest absolute Gasteiger partial charge is 0.463 e. The Hall–Kier alpha value is -1.22. The molecular formula is C16H23O4P. The Labute approximate surface area is 128 Å². The summed E-state index contributed by atoms with van der Waals surface area (Å²) in [7, 11) is -0.893. The van der Waals surface area contributed by atoms with Crippen molar-refractivity contribution in [2.24, 2.45) is 0 Å². The molecule has 0 saturated carbocycles. The van der Waals surface area contributed by atoms with Crippen molar-refractivity contribution in [1.29, 1.82) is 0 Å². The van der Waals surface area contributed by atoms with E-state index in [1.165, 1.54) is 6.08 Å². The minimum absolute atomic E-state index is 0.325. The van der Waals surface area contributed by atoms with Crippen LogP contribution in [0.1, 0.15) is 31.9 Å². The lowest BCUT2D eigenvalue weighted by Gasteiger charge is -2.15. The molecule has 0 radical (unpaired) electrons. The summed E-state index contributed by atoms with van der Waals surface area (Å²) in [5.41, 5.74) is 2.09. The fraction of sp³-hybridized carbons (Fsp3) is 0.438. The summed E-state index contributed by atoms with van der Waals surface area (Å²) in [6.07, 6.45) is 3.94. The van der Waals surface area contributed by atoms with E-state index in [-0.39, 0.29) is 5.97 Å². The second-order valence-corrected chi connectivity index (χ2v) is 5.65. The molecule has 0 aliphatic carbocycles. The second-order valence-electron chi connectivity index (χ2n) is 4.16. The van der Waals surface area contributed by atoms with Crippen LogP contribution in [0.25, 0.3) is 6.08 Å². The van der Waals surface area contributed by atoms with E-state index in [4.69, 9.17) is 13.8 Å². The topological polar surface area (TPSA) is 44.8 Å². The van der Waals surface area contributed by atoms with Crippen molar-refractivity contribution in [2.75, 3.05) is 19.8 Å². The van der Waals surface area contributed by atoms with E-state index in [9.17, 15) is 4.79 Å². The normalized spacial score (nSPS) is 11.2. The molecule has 21 heavy (non-hydrogen) atoms. The van der Waals surface area contributed by atoms with Gasteiger partial charge in [0.1, 0.15) is 0 Å². The quantitative estimate of drug-likeness (QED) is 0.390.